The fourth-order valence-corrected chi connectivity index (χ4v) is 2.85. The van der Waals surface area contributed by atoms with Crippen molar-refractivity contribution in [2.24, 2.45) is 0 Å². The molecular weight excluding hydrogens is 328 g/mol. The van der Waals surface area contributed by atoms with Gasteiger partial charge in [-0.25, -0.2) is 0 Å². The van der Waals surface area contributed by atoms with Crippen LogP contribution in [0.2, 0.25) is 0 Å². The molecule has 0 fully saturated rings. The number of ether oxygens (including phenoxy) is 1. The van der Waals surface area contributed by atoms with Gasteiger partial charge in [0.05, 0.1) is 22.8 Å². The normalized spacial score (nSPS) is 10.6. The lowest BCUT2D eigenvalue weighted by Gasteiger charge is -2.10. The van der Waals surface area contributed by atoms with Gasteiger partial charge in [-0.3, -0.25) is 4.98 Å². The van der Waals surface area contributed by atoms with Crippen molar-refractivity contribution in [3.8, 4) is 5.75 Å². The molecule has 0 atom stereocenters. The number of aromatic nitrogens is 1. The van der Waals surface area contributed by atoms with Gasteiger partial charge in [-0.1, -0.05) is 24.3 Å². The summed E-state index contributed by atoms with van der Waals surface area (Å²) < 4.78 is 6.20. The minimum Gasteiger partial charge on any atom is -0.496 e. The van der Waals surface area contributed by atoms with Crippen molar-refractivity contribution < 1.29 is 4.74 Å². The number of hydrogen-bond donors (Lipinski definition) is 1. The highest BCUT2D eigenvalue weighted by Crippen LogP contribution is 2.26. The molecule has 0 bridgehead atoms. The molecule has 4 heteroatoms. The van der Waals surface area contributed by atoms with Gasteiger partial charge in [0.2, 0.25) is 0 Å². The maximum absolute atomic E-state index is 5.24. The van der Waals surface area contributed by atoms with Gasteiger partial charge >= 0.3 is 0 Å². The van der Waals surface area contributed by atoms with E-state index in [2.05, 4.69) is 50.5 Å². The molecule has 0 saturated heterocycles. The number of methoxy groups -OCH3 is 1. The molecule has 2 aromatic carbocycles. The standard InChI is InChI=1S/C17H15BrN2O/c1-21-16-8-7-12(10-14(16)18)11-20-15-6-2-4-13-5-3-9-19-17(13)15/h2-10,20H,11H2,1H3. The summed E-state index contributed by atoms with van der Waals surface area (Å²) in [5.74, 6) is 0.838. The monoisotopic (exact) mass is 342 g/mol. The SMILES string of the molecule is COc1ccc(CNc2cccc3cccnc23)cc1Br. The average molecular weight is 343 g/mol. The Labute approximate surface area is 132 Å². The first kappa shape index (κ1) is 13.9. The lowest BCUT2D eigenvalue weighted by molar-refractivity contribution is 0.412. The first-order chi connectivity index (χ1) is 10.3. The number of nitrogens with zero attached hydrogens (tertiary/aromatic N) is 1. The zero-order valence-corrected chi connectivity index (χ0v) is 13.2. The van der Waals surface area contributed by atoms with Crippen molar-refractivity contribution in [2.75, 3.05) is 12.4 Å². The van der Waals surface area contributed by atoms with E-state index in [1.807, 2.05) is 30.5 Å². The Morgan fingerprint density at radius 1 is 1.14 bits per heavy atom. The van der Waals surface area contributed by atoms with Crippen LogP contribution in [0.1, 0.15) is 5.56 Å². The third kappa shape index (κ3) is 3.00. The van der Waals surface area contributed by atoms with Crippen molar-refractivity contribution in [1.29, 1.82) is 0 Å². The predicted molar refractivity (Wildman–Crippen MR) is 89.8 cm³/mol. The minimum atomic E-state index is 0.734. The average Bonchev–Trinajstić information content (AvgIpc) is 2.53. The molecule has 3 rings (SSSR count). The van der Waals surface area contributed by atoms with Crippen molar-refractivity contribution >= 4 is 32.5 Å². The summed E-state index contributed by atoms with van der Waals surface area (Å²) in [5, 5.41) is 4.58. The first-order valence-corrected chi connectivity index (χ1v) is 7.47. The highest BCUT2D eigenvalue weighted by molar-refractivity contribution is 9.10. The molecule has 3 aromatic rings. The van der Waals surface area contributed by atoms with E-state index in [4.69, 9.17) is 4.74 Å². The van der Waals surface area contributed by atoms with E-state index in [1.54, 1.807) is 7.11 Å². The molecule has 0 amide bonds. The van der Waals surface area contributed by atoms with Gasteiger partial charge in [0.25, 0.3) is 0 Å². The number of benzene rings is 2. The molecule has 0 spiro atoms. The second-order valence-corrected chi connectivity index (χ2v) is 5.56. The van der Waals surface area contributed by atoms with Crippen molar-refractivity contribution in [3.63, 3.8) is 0 Å². The van der Waals surface area contributed by atoms with Crippen LogP contribution in [-0.2, 0) is 6.54 Å². The first-order valence-electron chi connectivity index (χ1n) is 6.68. The molecule has 0 unspecified atom stereocenters. The molecule has 1 aromatic heterocycles. The van der Waals surface area contributed by atoms with Crippen LogP contribution in [0.4, 0.5) is 5.69 Å². The maximum Gasteiger partial charge on any atom is 0.133 e. The quantitative estimate of drug-likeness (QED) is 0.751. The van der Waals surface area contributed by atoms with Crippen LogP contribution in [-0.4, -0.2) is 12.1 Å². The Morgan fingerprint density at radius 2 is 2.00 bits per heavy atom. The summed E-state index contributed by atoms with van der Waals surface area (Å²) in [5.41, 5.74) is 3.21. The van der Waals surface area contributed by atoms with Gasteiger partial charge in [-0.15, -0.1) is 0 Å². The van der Waals surface area contributed by atoms with Crippen LogP contribution >= 0.6 is 15.9 Å². The van der Waals surface area contributed by atoms with Crippen LogP contribution in [0.15, 0.2) is 59.2 Å². The number of nitrogens with one attached hydrogen (secondary N) is 1. The van der Waals surface area contributed by atoms with Crippen molar-refractivity contribution in [2.45, 2.75) is 6.54 Å². The molecule has 21 heavy (non-hydrogen) atoms. The second kappa shape index (κ2) is 6.14. The highest BCUT2D eigenvalue weighted by atomic mass is 79.9. The van der Waals surface area contributed by atoms with Gasteiger partial charge in [0.1, 0.15) is 5.75 Å². The Hall–Kier alpha value is -2.07. The zero-order valence-electron chi connectivity index (χ0n) is 11.6. The Morgan fingerprint density at radius 3 is 2.81 bits per heavy atom. The van der Waals surface area contributed by atoms with Gasteiger partial charge < -0.3 is 10.1 Å². The Kier molecular flexibility index (Phi) is 4.06. The van der Waals surface area contributed by atoms with Crippen molar-refractivity contribution in [1.82, 2.24) is 4.98 Å². The van der Waals surface area contributed by atoms with E-state index in [-0.39, 0.29) is 0 Å². The highest BCUT2D eigenvalue weighted by Gasteiger charge is 2.04. The van der Waals surface area contributed by atoms with Crippen LogP contribution in [0, 0.1) is 0 Å². The number of fused-ring (bicyclic) bond motifs is 1. The number of anilines is 1. The summed E-state index contributed by atoms with van der Waals surface area (Å²) in [7, 11) is 1.67. The molecule has 0 aliphatic rings. The van der Waals surface area contributed by atoms with E-state index in [0.717, 1.165) is 33.4 Å². The van der Waals surface area contributed by atoms with Crippen LogP contribution in [0.25, 0.3) is 10.9 Å². The summed E-state index contributed by atoms with van der Waals surface area (Å²) in [4.78, 5) is 4.45. The number of rotatable bonds is 4. The molecule has 0 radical (unpaired) electrons. The number of pyridine rings is 1. The van der Waals surface area contributed by atoms with E-state index in [0.29, 0.717) is 0 Å². The van der Waals surface area contributed by atoms with Gasteiger partial charge in [-0.2, -0.15) is 0 Å². The molecule has 0 aliphatic heterocycles. The molecule has 3 nitrogen and oxygen atoms in total. The van der Waals surface area contributed by atoms with Gasteiger partial charge in [0.15, 0.2) is 0 Å². The zero-order chi connectivity index (χ0) is 14.7. The van der Waals surface area contributed by atoms with E-state index in [1.165, 1.54) is 5.56 Å². The lowest BCUT2D eigenvalue weighted by Crippen LogP contribution is -2.01. The summed E-state index contributed by atoms with van der Waals surface area (Å²) >= 11 is 3.51. The number of para-hydroxylation sites is 1. The topological polar surface area (TPSA) is 34.1 Å². The largest absolute Gasteiger partial charge is 0.496 e. The van der Waals surface area contributed by atoms with Crippen molar-refractivity contribution in [3.05, 3.63) is 64.8 Å². The molecule has 106 valence electrons. The fraction of sp³-hybridized carbons (Fsp3) is 0.118. The third-order valence-corrected chi connectivity index (χ3v) is 3.95. The molecular formula is C17H15BrN2O. The van der Waals surface area contributed by atoms with E-state index < -0.39 is 0 Å². The Bertz CT molecular complexity index is 768. The van der Waals surface area contributed by atoms with Gasteiger partial charge in [-0.05, 0) is 45.8 Å². The summed E-state index contributed by atoms with van der Waals surface area (Å²) in [6.45, 7) is 0.734. The lowest BCUT2D eigenvalue weighted by atomic mass is 10.1. The third-order valence-electron chi connectivity index (χ3n) is 3.33. The molecule has 0 aliphatic carbocycles. The summed E-state index contributed by atoms with van der Waals surface area (Å²) in [6.07, 6.45) is 1.82. The Balaban J connectivity index is 1.82. The fourth-order valence-electron chi connectivity index (χ4n) is 2.26. The molecule has 1 N–H and O–H groups in total. The van der Waals surface area contributed by atoms with Crippen LogP contribution in [0.5, 0.6) is 5.75 Å². The number of halogens is 1. The van der Waals surface area contributed by atoms with Crippen LogP contribution < -0.4 is 10.1 Å². The van der Waals surface area contributed by atoms with Gasteiger partial charge in [0, 0.05) is 18.1 Å². The smallest absolute Gasteiger partial charge is 0.133 e. The summed E-state index contributed by atoms with van der Waals surface area (Å²) in [6, 6.07) is 16.2. The minimum absolute atomic E-state index is 0.734. The van der Waals surface area contributed by atoms with E-state index >= 15 is 0 Å². The molecule has 1 heterocycles. The predicted octanol–water partition coefficient (Wildman–Crippen LogP) is 4.62. The van der Waals surface area contributed by atoms with E-state index in [9.17, 15) is 0 Å². The van der Waals surface area contributed by atoms with Crippen LogP contribution in [0.3, 0.4) is 0 Å². The number of hydrogen-bond acceptors (Lipinski definition) is 3. The maximum atomic E-state index is 5.24. The molecule has 0 saturated carbocycles. The second-order valence-electron chi connectivity index (χ2n) is 4.70.